The Bertz CT molecular complexity index is 1070. The summed E-state index contributed by atoms with van der Waals surface area (Å²) in [4.78, 5) is 19.4. The number of carbonyl (C=O) groups excluding carboxylic acids is 1. The normalized spacial score (nSPS) is 19.9. The minimum atomic E-state index is -3.53. The van der Waals surface area contributed by atoms with Crippen LogP contribution in [0.1, 0.15) is 18.4 Å². The van der Waals surface area contributed by atoms with Crippen molar-refractivity contribution in [1.82, 2.24) is 14.5 Å². The van der Waals surface area contributed by atoms with Crippen molar-refractivity contribution < 1.29 is 17.6 Å². The van der Waals surface area contributed by atoms with Gasteiger partial charge in [0.15, 0.2) is 0 Å². The lowest BCUT2D eigenvalue weighted by atomic mass is 9.98. The predicted octanol–water partition coefficient (Wildman–Crippen LogP) is 2.47. The molecule has 1 unspecified atom stereocenters. The number of benzene rings is 2. The Hall–Kier alpha value is -2.49. The van der Waals surface area contributed by atoms with E-state index in [0.29, 0.717) is 32.7 Å². The summed E-state index contributed by atoms with van der Waals surface area (Å²) in [7, 11) is -3.53. The molecule has 0 radical (unpaired) electrons. The maximum atomic E-state index is 13.2. The molecule has 0 aromatic heterocycles. The van der Waals surface area contributed by atoms with Crippen LogP contribution in [0.5, 0.6) is 0 Å². The van der Waals surface area contributed by atoms with Gasteiger partial charge < -0.3 is 9.80 Å². The molecule has 2 aromatic rings. The highest BCUT2D eigenvalue weighted by atomic mass is 32.2. The summed E-state index contributed by atoms with van der Waals surface area (Å²) in [5, 5.41) is 0. The van der Waals surface area contributed by atoms with E-state index in [1.165, 1.54) is 12.1 Å². The summed E-state index contributed by atoms with van der Waals surface area (Å²) in [6.07, 6.45) is 1.89. The number of nitrogens with one attached hydrogen (secondary N) is 1. The number of carbonyl (C=O) groups is 1. The van der Waals surface area contributed by atoms with Crippen molar-refractivity contribution in [2.24, 2.45) is 5.92 Å². The zero-order valence-corrected chi connectivity index (χ0v) is 20.4. The van der Waals surface area contributed by atoms with E-state index < -0.39 is 10.0 Å². The van der Waals surface area contributed by atoms with Crippen LogP contribution in [0.15, 0.2) is 53.4 Å². The number of piperidine rings is 1. The summed E-state index contributed by atoms with van der Waals surface area (Å²) in [5.74, 6) is 0.0390. The van der Waals surface area contributed by atoms with Gasteiger partial charge in [-0.25, -0.2) is 17.5 Å². The van der Waals surface area contributed by atoms with Gasteiger partial charge in [0, 0.05) is 45.0 Å². The van der Waals surface area contributed by atoms with Gasteiger partial charge in [-0.15, -0.1) is 0 Å². The number of sulfonamides is 1. The van der Waals surface area contributed by atoms with Gasteiger partial charge in [0.05, 0.1) is 11.4 Å². The summed E-state index contributed by atoms with van der Waals surface area (Å²) in [6, 6.07) is 13.3. The second-order valence-corrected chi connectivity index (χ2v) is 11.0. The SMILES string of the molecule is Cc1ccc(S(=O)(=O)NCC2CCCN(CC(=O)N3CCN(c4ccc(F)cc4)CC3)C2)cc1. The Balaban J connectivity index is 1.23. The molecule has 0 spiro atoms. The van der Waals surface area contributed by atoms with Crippen molar-refractivity contribution >= 4 is 21.6 Å². The topological polar surface area (TPSA) is 73.0 Å². The number of hydrogen-bond donors (Lipinski definition) is 1. The number of anilines is 1. The standard InChI is InChI=1S/C25H33FN4O3S/c1-20-4-10-24(11-5-20)34(32,33)27-17-21-3-2-12-28(18-21)19-25(31)30-15-13-29(14-16-30)23-8-6-22(26)7-9-23/h4-11,21,27H,2-3,12-19H2,1H3. The lowest BCUT2D eigenvalue weighted by Gasteiger charge is -2.38. The number of piperazine rings is 1. The smallest absolute Gasteiger partial charge is 0.240 e. The third kappa shape index (κ3) is 6.34. The Morgan fingerprint density at radius 3 is 2.35 bits per heavy atom. The van der Waals surface area contributed by atoms with Crippen LogP contribution in [-0.4, -0.2) is 76.5 Å². The molecule has 1 atom stereocenters. The Kier molecular flexibility index (Phi) is 7.85. The number of halogens is 1. The molecule has 2 fully saturated rings. The number of likely N-dealkylation sites (tertiary alicyclic amines) is 1. The third-order valence-electron chi connectivity index (χ3n) is 6.68. The van der Waals surface area contributed by atoms with Crippen molar-refractivity contribution in [2.75, 3.05) is 57.3 Å². The first-order valence-electron chi connectivity index (χ1n) is 11.9. The van der Waals surface area contributed by atoms with Crippen LogP contribution in [0.2, 0.25) is 0 Å². The first-order valence-corrected chi connectivity index (χ1v) is 13.4. The molecule has 7 nitrogen and oxygen atoms in total. The fourth-order valence-electron chi connectivity index (χ4n) is 4.65. The van der Waals surface area contributed by atoms with E-state index >= 15 is 0 Å². The molecule has 2 saturated heterocycles. The van der Waals surface area contributed by atoms with Crippen LogP contribution in [-0.2, 0) is 14.8 Å². The number of aryl methyl sites for hydroxylation is 1. The fraction of sp³-hybridized carbons (Fsp3) is 0.480. The molecule has 0 saturated carbocycles. The van der Waals surface area contributed by atoms with Gasteiger partial charge >= 0.3 is 0 Å². The van der Waals surface area contributed by atoms with Crippen LogP contribution < -0.4 is 9.62 Å². The van der Waals surface area contributed by atoms with Crippen LogP contribution in [0.25, 0.3) is 0 Å². The zero-order chi connectivity index (χ0) is 24.1. The van der Waals surface area contributed by atoms with Crippen molar-refractivity contribution in [3.8, 4) is 0 Å². The summed E-state index contributed by atoms with van der Waals surface area (Å²) in [5.41, 5.74) is 1.99. The molecule has 2 aliphatic rings. The van der Waals surface area contributed by atoms with E-state index in [0.717, 1.165) is 43.7 Å². The second-order valence-electron chi connectivity index (χ2n) is 9.25. The molecule has 9 heteroatoms. The van der Waals surface area contributed by atoms with Gasteiger partial charge in [-0.05, 0) is 68.6 Å². The molecule has 2 aliphatic heterocycles. The minimum absolute atomic E-state index is 0.111. The van der Waals surface area contributed by atoms with Crippen molar-refractivity contribution in [3.05, 3.63) is 59.9 Å². The molecule has 0 bridgehead atoms. The second kappa shape index (κ2) is 10.8. The first-order chi connectivity index (χ1) is 16.3. The highest BCUT2D eigenvalue weighted by Gasteiger charge is 2.27. The van der Waals surface area contributed by atoms with E-state index in [9.17, 15) is 17.6 Å². The van der Waals surface area contributed by atoms with Crippen molar-refractivity contribution in [3.63, 3.8) is 0 Å². The van der Waals surface area contributed by atoms with E-state index in [-0.39, 0.29) is 22.5 Å². The lowest BCUT2D eigenvalue weighted by Crippen LogP contribution is -2.52. The summed E-state index contributed by atoms with van der Waals surface area (Å²) < 4.78 is 41.1. The van der Waals surface area contributed by atoms with Gasteiger partial charge in [-0.1, -0.05) is 17.7 Å². The largest absolute Gasteiger partial charge is 0.368 e. The molecule has 1 amide bonds. The third-order valence-corrected chi connectivity index (χ3v) is 8.12. The van der Waals surface area contributed by atoms with E-state index in [1.54, 1.807) is 36.4 Å². The van der Waals surface area contributed by atoms with E-state index in [4.69, 9.17) is 0 Å². The Morgan fingerprint density at radius 1 is 1.00 bits per heavy atom. The predicted molar refractivity (Wildman–Crippen MR) is 131 cm³/mol. The fourth-order valence-corrected chi connectivity index (χ4v) is 5.76. The zero-order valence-electron chi connectivity index (χ0n) is 19.6. The van der Waals surface area contributed by atoms with Gasteiger partial charge in [0.25, 0.3) is 0 Å². The quantitative estimate of drug-likeness (QED) is 0.648. The molecule has 184 valence electrons. The molecule has 0 aliphatic carbocycles. The Morgan fingerprint density at radius 2 is 1.68 bits per heavy atom. The van der Waals surface area contributed by atoms with Gasteiger partial charge in [-0.2, -0.15) is 0 Å². The van der Waals surface area contributed by atoms with Gasteiger partial charge in [-0.3, -0.25) is 9.69 Å². The summed E-state index contributed by atoms with van der Waals surface area (Å²) in [6.45, 7) is 6.94. The molecule has 2 heterocycles. The van der Waals surface area contributed by atoms with Crippen molar-refractivity contribution in [2.45, 2.75) is 24.7 Å². The molecule has 1 N–H and O–H groups in total. The lowest BCUT2D eigenvalue weighted by molar-refractivity contribution is -0.133. The minimum Gasteiger partial charge on any atom is -0.368 e. The Labute approximate surface area is 201 Å². The molecule has 2 aromatic carbocycles. The number of nitrogens with zero attached hydrogens (tertiary/aromatic N) is 3. The van der Waals surface area contributed by atoms with Crippen LogP contribution in [0.3, 0.4) is 0 Å². The summed E-state index contributed by atoms with van der Waals surface area (Å²) >= 11 is 0. The monoisotopic (exact) mass is 488 g/mol. The van der Waals surface area contributed by atoms with Crippen LogP contribution in [0.4, 0.5) is 10.1 Å². The number of rotatable bonds is 7. The maximum Gasteiger partial charge on any atom is 0.240 e. The van der Waals surface area contributed by atoms with Gasteiger partial charge in [0.1, 0.15) is 5.82 Å². The average molecular weight is 489 g/mol. The van der Waals surface area contributed by atoms with Crippen LogP contribution in [0, 0.1) is 18.7 Å². The molecular formula is C25H33FN4O3S. The molecule has 4 rings (SSSR count). The van der Waals surface area contributed by atoms with Crippen molar-refractivity contribution in [1.29, 1.82) is 0 Å². The van der Waals surface area contributed by atoms with E-state index in [2.05, 4.69) is 14.5 Å². The number of hydrogen-bond acceptors (Lipinski definition) is 5. The highest BCUT2D eigenvalue weighted by Crippen LogP contribution is 2.19. The highest BCUT2D eigenvalue weighted by molar-refractivity contribution is 7.89. The average Bonchev–Trinajstić information content (AvgIpc) is 2.84. The van der Waals surface area contributed by atoms with Gasteiger partial charge in [0.2, 0.25) is 15.9 Å². The van der Waals surface area contributed by atoms with Crippen LogP contribution >= 0.6 is 0 Å². The molecular weight excluding hydrogens is 455 g/mol. The van der Waals surface area contributed by atoms with E-state index in [1.807, 2.05) is 11.8 Å². The number of amides is 1. The molecule has 34 heavy (non-hydrogen) atoms. The first kappa shape index (κ1) is 24.6. The maximum absolute atomic E-state index is 13.2.